The SMILES string of the molecule is CC(C)(C)OC(=O)n1c(C(F)(F)F)cc2c(Br)cc(CO)cc21. The van der Waals surface area contributed by atoms with Crippen LogP contribution in [0.4, 0.5) is 18.0 Å². The van der Waals surface area contributed by atoms with Crippen LogP contribution in [0.3, 0.4) is 0 Å². The molecule has 0 aliphatic carbocycles. The highest BCUT2D eigenvalue weighted by atomic mass is 79.9. The van der Waals surface area contributed by atoms with Crippen LogP contribution in [-0.2, 0) is 17.5 Å². The van der Waals surface area contributed by atoms with Crippen molar-refractivity contribution in [3.05, 3.63) is 33.9 Å². The number of nitrogens with zero attached hydrogens (tertiary/aromatic N) is 1. The number of benzene rings is 1. The standard InChI is InChI=1S/C15H15BrF3NO3/c1-14(2,3)23-13(22)20-11-5-8(7-21)4-10(16)9(11)6-12(20)15(17,18)19/h4-6,21H,7H2,1-3H3. The molecule has 8 heteroatoms. The van der Waals surface area contributed by atoms with Gasteiger partial charge in [-0.1, -0.05) is 15.9 Å². The molecule has 23 heavy (non-hydrogen) atoms. The fraction of sp³-hybridized carbons (Fsp3) is 0.400. The average Bonchev–Trinajstić information content (AvgIpc) is 2.76. The second kappa shape index (κ2) is 5.83. The average molecular weight is 394 g/mol. The van der Waals surface area contributed by atoms with Gasteiger partial charge in [-0.15, -0.1) is 0 Å². The number of aliphatic hydroxyl groups is 1. The van der Waals surface area contributed by atoms with Gasteiger partial charge in [-0.25, -0.2) is 9.36 Å². The summed E-state index contributed by atoms with van der Waals surface area (Å²) in [4.78, 5) is 12.3. The van der Waals surface area contributed by atoms with Crippen LogP contribution in [0.25, 0.3) is 10.9 Å². The summed E-state index contributed by atoms with van der Waals surface area (Å²) < 4.78 is 45.8. The van der Waals surface area contributed by atoms with Crippen LogP contribution in [-0.4, -0.2) is 21.4 Å². The first-order valence-electron chi connectivity index (χ1n) is 6.69. The van der Waals surface area contributed by atoms with Crippen LogP contribution < -0.4 is 0 Å². The van der Waals surface area contributed by atoms with Gasteiger partial charge in [-0.3, -0.25) is 0 Å². The molecule has 1 heterocycles. The van der Waals surface area contributed by atoms with Crippen LogP contribution in [0.5, 0.6) is 0 Å². The zero-order chi connectivity index (χ0) is 17.6. The predicted molar refractivity (Wildman–Crippen MR) is 82.2 cm³/mol. The van der Waals surface area contributed by atoms with Gasteiger partial charge in [0.2, 0.25) is 0 Å². The predicted octanol–water partition coefficient (Wildman–Crippen LogP) is 4.70. The van der Waals surface area contributed by atoms with Crippen molar-refractivity contribution in [1.82, 2.24) is 4.57 Å². The Morgan fingerprint density at radius 1 is 1.26 bits per heavy atom. The number of aromatic nitrogens is 1. The van der Waals surface area contributed by atoms with E-state index in [1.54, 1.807) is 20.8 Å². The number of rotatable bonds is 1. The second-order valence-electron chi connectivity index (χ2n) is 6.01. The summed E-state index contributed by atoms with van der Waals surface area (Å²) in [6.07, 6.45) is -5.85. The molecule has 0 atom stereocenters. The van der Waals surface area contributed by atoms with E-state index < -0.39 is 23.6 Å². The highest BCUT2D eigenvalue weighted by molar-refractivity contribution is 9.10. The topological polar surface area (TPSA) is 51.5 Å². The molecule has 0 saturated heterocycles. The maximum Gasteiger partial charge on any atom is 0.432 e. The second-order valence-corrected chi connectivity index (χ2v) is 6.87. The molecule has 0 amide bonds. The number of hydrogen-bond acceptors (Lipinski definition) is 3. The molecule has 1 aromatic carbocycles. The molecule has 126 valence electrons. The molecule has 0 unspecified atom stereocenters. The Hall–Kier alpha value is -1.54. The Morgan fingerprint density at radius 2 is 1.87 bits per heavy atom. The van der Waals surface area contributed by atoms with Gasteiger partial charge in [0, 0.05) is 9.86 Å². The van der Waals surface area contributed by atoms with Crippen molar-refractivity contribution < 1.29 is 27.8 Å². The van der Waals surface area contributed by atoms with E-state index in [0.717, 1.165) is 6.07 Å². The van der Waals surface area contributed by atoms with Crippen LogP contribution in [0, 0.1) is 0 Å². The Balaban J connectivity index is 2.77. The largest absolute Gasteiger partial charge is 0.443 e. The Labute approximate surface area is 139 Å². The minimum absolute atomic E-state index is 0.0185. The van der Waals surface area contributed by atoms with Gasteiger partial charge in [-0.05, 0) is 44.5 Å². The smallest absolute Gasteiger partial charge is 0.432 e. The third-order valence-corrected chi connectivity index (χ3v) is 3.64. The normalized spacial score (nSPS) is 12.7. The van der Waals surface area contributed by atoms with Crippen LogP contribution in [0.1, 0.15) is 32.0 Å². The molecular formula is C15H15BrF3NO3. The third-order valence-electron chi connectivity index (χ3n) is 2.98. The molecule has 1 N–H and O–H groups in total. The summed E-state index contributed by atoms with van der Waals surface area (Å²) >= 11 is 3.17. The van der Waals surface area contributed by atoms with E-state index in [9.17, 15) is 23.1 Å². The van der Waals surface area contributed by atoms with Crippen LogP contribution in [0.2, 0.25) is 0 Å². The van der Waals surface area contributed by atoms with E-state index in [2.05, 4.69) is 15.9 Å². The number of carbonyl (C=O) groups is 1. The van der Waals surface area contributed by atoms with Crippen molar-refractivity contribution in [2.24, 2.45) is 0 Å². The zero-order valence-corrected chi connectivity index (χ0v) is 14.2. The minimum Gasteiger partial charge on any atom is -0.443 e. The number of ether oxygens (including phenoxy) is 1. The fourth-order valence-electron chi connectivity index (χ4n) is 2.12. The summed E-state index contributed by atoms with van der Waals surface area (Å²) in [5, 5.41) is 9.44. The Kier molecular flexibility index (Phi) is 4.51. The fourth-order valence-corrected chi connectivity index (χ4v) is 2.73. The highest BCUT2D eigenvalue weighted by Gasteiger charge is 2.38. The molecule has 1 aromatic heterocycles. The van der Waals surface area contributed by atoms with E-state index in [1.165, 1.54) is 12.1 Å². The lowest BCUT2D eigenvalue weighted by Crippen LogP contribution is -2.29. The number of halogens is 4. The first-order valence-corrected chi connectivity index (χ1v) is 7.48. The molecular weight excluding hydrogens is 379 g/mol. The van der Waals surface area contributed by atoms with Crippen LogP contribution in [0.15, 0.2) is 22.7 Å². The van der Waals surface area contributed by atoms with Gasteiger partial charge in [-0.2, -0.15) is 13.2 Å². The summed E-state index contributed by atoms with van der Waals surface area (Å²) in [5.74, 6) is 0. The quantitative estimate of drug-likeness (QED) is 0.763. The highest BCUT2D eigenvalue weighted by Crippen LogP contribution is 2.37. The monoisotopic (exact) mass is 393 g/mol. The number of fused-ring (bicyclic) bond motifs is 1. The summed E-state index contributed by atoms with van der Waals surface area (Å²) in [5.41, 5.74) is -1.67. The maximum atomic E-state index is 13.3. The molecule has 4 nitrogen and oxygen atoms in total. The molecule has 0 aliphatic heterocycles. The molecule has 0 spiro atoms. The zero-order valence-electron chi connectivity index (χ0n) is 12.7. The summed E-state index contributed by atoms with van der Waals surface area (Å²) in [6, 6.07) is 3.71. The van der Waals surface area contributed by atoms with Gasteiger partial charge < -0.3 is 9.84 Å². The minimum atomic E-state index is -4.73. The van der Waals surface area contributed by atoms with Crippen molar-refractivity contribution in [2.45, 2.75) is 39.2 Å². The number of hydrogen-bond donors (Lipinski definition) is 1. The lowest BCUT2D eigenvalue weighted by Gasteiger charge is -2.21. The molecule has 2 aromatic rings. The van der Waals surface area contributed by atoms with Crippen molar-refractivity contribution in [3.8, 4) is 0 Å². The molecule has 0 aliphatic rings. The van der Waals surface area contributed by atoms with Crippen molar-refractivity contribution in [2.75, 3.05) is 0 Å². The van der Waals surface area contributed by atoms with E-state index in [-0.39, 0.29) is 17.5 Å². The van der Waals surface area contributed by atoms with Crippen LogP contribution >= 0.6 is 15.9 Å². The summed E-state index contributed by atoms with van der Waals surface area (Å²) in [7, 11) is 0. The number of alkyl halides is 3. The van der Waals surface area contributed by atoms with Gasteiger partial charge in [0.05, 0.1) is 12.1 Å². The van der Waals surface area contributed by atoms with E-state index in [1.807, 2.05) is 0 Å². The first kappa shape index (κ1) is 17.8. The van der Waals surface area contributed by atoms with Crippen molar-refractivity contribution in [1.29, 1.82) is 0 Å². The van der Waals surface area contributed by atoms with Gasteiger partial charge >= 0.3 is 12.3 Å². The van der Waals surface area contributed by atoms with Gasteiger partial charge in [0.25, 0.3) is 0 Å². The number of aliphatic hydroxyl groups excluding tert-OH is 1. The Morgan fingerprint density at radius 3 is 2.35 bits per heavy atom. The van der Waals surface area contributed by atoms with E-state index in [0.29, 0.717) is 14.6 Å². The maximum absolute atomic E-state index is 13.3. The van der Waals surface area contributed by atoms with Crippen molar-refractivity contribution >= 4 is 32.9 Å². The molecule has 0 bridgehead atoms. The molecule has 2 rings (SSSR count). The Bertz CT molecular complexity index is 760. The lowest BCUT2D eigenvalue weighted by atomic mass is 10.2. The molecule has 0 fully saturated rings. The van der Waals surface area contributed by atoms with E-state index in [4.69, 9.17) is 4.74 Å². The third kappa shape index (κ3) is 3.69. The van der Waals surface area contributed by atoms with Crippen molar-refractivity contribution in [3.63, 3.8) is 0 Å². The van der Waals surface area contributed by atoms with E-state index >= 15 is 0 Å². The number of carbonyl (C=O) groups excluding carboxylic acids is 1. The molecule has 0 radical (unpaired) electrons. The molecule has 0 saturated carbocycles. The van der Waals surface area contributed by atoms with Gasteiger partial charge in [0.1, 0.15) is 11.3 Å². The summed E-state index contributed by atoms with van der Waals surface area (Å²) in [6.45, 7) is 4.34. The first-order chi connectivity index (χ1) is 10.4. The van der Waals surface area contributed by atoms with Gasteiger partial charge in [0.15, 0.2) is 0 Å². The lowest BCUT2D eigenvalue weighted by molar-refractivity contribution is -0.142.